The topological polar surface area (TPSA) is 77.6 Å². The smallest absolute Gasteiger partial charge is 0.270 e. The van der Waals surface area contributed by atoms with E-state index in [0.29, 0.717) is 30.9 Å². The van der Waals surface area contributed by atoms with Gasteiger partial charge >= 0.3 is 0 Å². The van der Waals surface area contributed by atoms with Gasteiger partial charge in [0.05, 0.1) is 16.2 Å². The number of hydrogen-bond acceptors (Lipinski definition) is 6. The molecule has 2 amide bonds. The first kappa shape index (κ1) is 17.1. The molecule has 2 aromatic rings. The molecule has 0 aromatic carbocycles. The molecule has 5 heterocycles. The average molecular weight is 385 g/mol. The summed E-state index contributed by atoms with van der Waals surface area (Å²) in [4.78, 5) is 33.2. The van der Waals surface area contributed by atoms with Gasteiger partial charge in [0.15, 0.2) is 0 Å². The van der Waals surface area contributed by atoms with E-state index in [1.165, 1.54) is 6.42 Å². The van der Waals surface area contributed by atoms with Crippen LogP contribution in [0, 0.1) is 0 Å². The second-order valence-corrected chi connectivity index (χ2v) is 8.90. The van der Waals surface area contributed by atoms with Crippen LogP contribution in [0.15, 0.2) is 18.3 Å². The van der Waals surface area contributed by atoms with Crippen molar-refractivity contribution in [1.29, 1.82) is 0 Å². The minimum absolute atomic E-state index is 0.111. The first-order valence-corrected chi connectivity index (χ1v) is 10.3. The quantitative estimate of drug-likeness (QED) is 0.830. The predicted octanol–water partition coefficient (Wildman–Crippen LogP) is 1.20. The van der Waals surface area contributed by atoms with E-state index in [1.54, 1.807) is 17.5 Å². The Morgan fingerprint density at radius 2 is 2.22 bits per heavy atom. The Bertz CT molecular complexity index is 913. The fourth-order valence-corrected chi connectivity index (χ4v) is 5.49. The largest absolute Gasteiger partial charge is 0.346 e. The van der Waals surface area contributed by atoms with Crippen LogP contribution in [0.2, 0.25) is 0 Å². The normalized spacial score (nSPS) is 28.3. The molecule has 7 nitrogen and oxygen atoms in total. The summed E-state index contributed by atoms with van der Waals surface area (Å²) in [6.45, 7) is 2.00. The lowest BCUT2D eigenvalue weighted by molar-refractivity contribution is -0.120. The van der Waals surface area contributed by atoms with E-state index in [1.807, 2.05) is 29.0 Å². The van der Waals surface area contributed by atoms with E-state index < -0.39 is 0 Å². The van der Waals surface area contributed by atoms with Gasteiger partial charge in [0, 0.05) is 37.4 Å². The molecule has 3 fully saturated rings. The van der Waals surface area contributed by atoms with Crippen molar-refractivity contribution in [1.82, 2.24) is 20.5 Å². The zero-order valence-corrected chi connectivity index (χ0v) is 16.1. The van der Waals surface area contributed by atoms with Crippen LogP contribution in [0.5, 0.6) is 0 Å². The minimum Gasteiger partial charge on any atom is -0.346 e. The first-order valence-electron chi connectivity index (χ1n) is 9.52. The van der Waals surface area contributed by atoms with E-state index in [-0.39, 0.29) is 17.9 Å². The highest BCUT2D eigenvalue weighted by molar-refractivity contribution is 7.23. The van der Waals surface area contributed by atoms with Crippen molar-refractivity contribution in [2.75, 3.05) is 31.6 Å². The monoisotopic (exact) mass is 385 g/mol. The molecule has 2 bridgehead atoms. The van der Waals surface area contributed by atoms with E-state index in [0.717, 1.165) is 34.5 Å². The van der Waals surface area contributed by atoms with Crippen LogP contribution >= 0.6 is 11.3 Å². The van der Waals surface area contributed by atoms with Gasteiger partial charge in [-0.3, -0.25) is 14.5 Å². The Labute approximate surface area is 161 Å². The number of anilines is 1. The lowest BCUT2D eigenvalue weighted by Gasteiger charge is -2.30. The van der Waals surface area contributed by atoms with Crippen molar-refractivity contribution >= 4 is 38.2 Å². The Balaban J connectivity index is 1.34. The van der Waals surface area contributed by atoms with Gasteiger partial charge in [-0.15, -0.1) is 11.3 Å². The molecule has 5 rings (SSSR count). The van der Waals surface area contributed by atoms with Gasteiger partial charge in [0.25, 0.3) is 5.91 Å². The van der Waals surface area contributed by atoms with Crippen molar-refractivity contribution in [2.45, 2.75) is 37.4 Å². The summed E-state index contributed by atoms with van der Waals surface area (Å²) in [7, 11) is 1.96. The number of hydrogen-bond donors (Lipinski definition) is 2. The Morgan fingerprint density at radius 3 is 2.96 bits per heavy atom. The number of carbonyl (C=O) groups is 2. The molecule has 8 heteroatoms. The van der Waals surface area contributed by atoms with Gasteiger partial charge in [-0.1, -0.05) is 0 Å². The van der Waals surface area contributed by atoms with Gasteiger partial charge in [-0.05, 0) is 43.8 Å². The summed E-state index contributed by atoms with van der Waals surface area (Å²) in [5.41, 5.74) is 0.444. The van der Waals surface area contributed by atoms with E-state index in [2.05, 4.69) is 15.6 Å². The number of thiophene rings is 1. The van der Waals surface area contributed by atoms with Gasteiger partial charge < -0.3 is 15.5 Å². The van der Waals surface area contributed by atoms with Gasteiger partial charge in [-0.2, -0.15) is 0 Å². The molecule has 3 saturated heterocycles. The number of fused-ring (bicyclic) bond motifs is 3. The number of nitrogens with one attached hydrogen (secondary N) is 2. The predicted molar refractivity (Wildman–Crippen MR) is 105 cm³/mol. The number of aromatic nitrogens is 1. The lowest BCUT2D eigenvalue weighted by atomic mass is 9.95. The number of nitrogens with zero attached hydrogens (tertiary/aromatic N) is 3. The summed E-state index contributed by atoms with van der Waals surface area (Å²) in [6.07, 6.45) is 5.10. The number of piperazine rings is 1. The fraction of sp³-hybridized carbons (Fsp3) is 0.526. The highest BCUT2D eigenvalue weighted by atomic mass is 32.1. The molecule has 27 heavy (non-hydrogen) atoms. The molecule has 0 unspecified atom stereocenters. The number of carbonyl (C=O) groups excluding carboxylic acids is 2. The van der Waals surface area contributed by atoms with Gasteiger partial charge in [0.2, 0.25) is 5.91 Å². The summed E-state index contributed by atoms with van der Waals surface area (Å²) >= 11 is 1.55. The summed E-state index contributed by atoms with van der Waals surface area (Å²) in [5.74, 6) is 0.00434. The second-order valence-electron chi connectivity index (χ2n) is 7.84. The van der Waals surface area contributed by atoms with Crippen LogP contribution in [0.4, 0.5) is 5.00 Å². The SMILES string of the molecule is CN1CCN(c2cc3cc(C(=O)N[C@@H]4C[C@H]5CC[C@@H]4N5)ncc3s2)C(=O)C1. The van der Waals surface area contributed by atoms with Crippen LogP contribution in [0.3, 0.4) is 0 Å². The molecule has 0 spiro atoms. The number of amides is 2. The average Bonchev–Trinajstić information content (AvgIpc) is 3.35. The van der Waals surface area contributed by atoms with Crippen molar-refractivity contribution in [3.05, 3.63) is 24.0 Å². The van der Waals surface area contributed by atoms with E-state index in [9.17, 15) is 9.59 Å². The molecule has 2 N–H and O–H groups in total. The molecular formula is C19H23N5O2S. The maximum absolute atomic E-state index is 12.6. The maximum atomic E-state index is 12.6. The molecule has 0 radical (unpaired) electrons. The zero-order valence-electron chi connectivity index (χ0n) is 15.3. The highest BCUT2D eigenvalue weighted by Gasteiger charge is 2.39. The summed E-state index contributed by atoms with van der Waals surface area (Å²) in [5, 5.41) is 8.58. The van der Waals surface area contributed by atoms with Crippen LogP contribution in [0.25, 0.3) is 10.1 Å². The fourth-order valence-electron chi connectivity index (χ4n) is 4.44. The van der Waals surface area contributed by atoms with Crippen molar-refractivity contribution < 1.29 is 9.59 Å². The molecule has 142 valence electrons. The van der Waals surface area contributed by atoms with E-state index in [4.69, 9.17) is 0 Å². The van der Waals surface area contributed by atoms with E-state index >= 15 is 0 Å². The Hall–Kier alpha value is -2.03. The molecule has 2 aromatic heterocycles. The second kappa shape index (κ2) is 6.54. The van der Waals surface area contributed by atoms with Gasteiger partial charge in [0.1, 0.15) is 5.69 Å². The van der Waals surface area contributed by atoms with Crippen LogP contribution in [0.1, 0.15) is 29.8 Å². The van der Waals surface area contributed by atoms with Crippen LogP contribution in [-0.4, -0.2) is 66.5 Å². The van der Waals surface area contributed by atoms with Crippen molar-refractivity contribution in [3.63, 3.8) is 0 Å². The molecule has 3 aliphatic rings. The van der Waals surface area contributed by atoms with Crippen molar-refractivity contribution in [3.8, 4) is 0 Å². The Morgan fingerprint density at radius 1 is 1.33 bits per heavy atom. The number of pyridine rings is 1. The number of rotatable bonds is 3. The standard InChI is InChI=1S/C19H23N5O2S/c1-23-4-5-24(17(25)10-23)18-7-11-6-15(20-9-16(11)27-18)19(26)22-14-8-12-2-3-13(14)21-12/h6-7,9,12-14,21H,2-5,8,10H2,1H3,(H,22,26)/t12-,13+,14-/m1/s1. The molecule has 0 saturated carbocycles. The summed E-state index contributed by atoms with van der Waals surface area (Å²) in [6, 6.07) is 5.00. The van der Waals surface area contributed by atoms with Crippen molar-refractivity contribution in [2.24, 2.45) is 0 Å². The Kier molecular flexibility index (Phi) is 4.14. The van der Waals surface area contributed by atoms with Crippen LogP contribution in [-0.2, 0) is 4.79 Å². The first-order chi connectivity index (χ1) is 13.1. The minimum atomic E-state index is -0.111. The molecule has 3 atom stereocenters. The van der Waals surface area contributed by atoms with Gasteiger partial charge in [-0.25, -0.2) is 4.98 Å². The summed E-state index contributed by atoms with van der Waals surface area (Å²) < 4.78 is 0.995. The molecule has 0 aliphatic carbocycles. The molecular weight excluding hydrogens is 362 g/mol. The molecule has 3 aliphatic heterocycles. The third-order valence-electron chi connectivity index (χ3n) is 5.92. The highest BCUT2D eigenvalue weighted by Crippen LogP contribution is 2.33. The lowest BCUT2D eigenvalue weighted by Crippen LogP contribution is -2.48. The number of likely N-dealkylation sites (N-methyl/N-ethyl adjacent to an activating group) is 1. The van der Waals surface area contributed by atoms with Crippen LogP contribution < -0.4 is 15.5 Å². The third kappa shape index (κ3) is 3.11. The zero-order chi connectivity index (χ0) is 18.5. The maximum Gasteiger partial charge on any atom is 0.270 e. The third-order valence-corrected chi connectivity index (χ3v) is 7.03.